The van der Waals surface area contributed by atoms with Crippen molar-refractivity contribution in [2.75, 3.05) is 0 Å². The Morgan fingerprint density at radius 1 is 1.35 bits per heavy atom. The molecule has 118 valence electrons. The molecule has 2 rings (SSSR count). The number of phenolic OH excluding ortho intramolecular Hbond substituents is 1. The average Bonchev–Trinajstić information content (AvgIpc) is 2.51. The molecule has 23 heavy (non-hydrogen) atoms. The molecular formula is C15H12ClN3O4. The Kier molecular flexibility index (Phi) is 5.27. The van der Waals surface area contributed by atoms with E-state index in [1.165, 1.54) is 42.6 Å². The number of benzene rings is 2. The molecule has 0 heterocycles. The number of amides is 1. The molecule has 2 aromatic rings. The first-order valence-corrected chi connectivity index (χ1v) is 6.88. The Labute approximate surface area is 136 Å². The lowest BCUT2D eigenvalue weighted by Crippen LogP contribution is -2.20. The Morgan fingerprint density at radius 3 is 2.83 bits per heavy atom. The van der Waals surface area contributed by atoms with E-state index < -0.39 is 10.8 Å². The lowest BCUT2D eigenvalue weighted by atomic mass is 10.1. The van der Waals surface area contributed by atoms with Crippen molar-refractivity contribution in [2.45, 2.75) is 6.42 Å². The first kappa shape index (κ1) is 16.4. The van der Waals surface area contributed by atoms with Crippen molar-refractivity contribution in [2.24, 2.45) is 5.10 Å². The van der Waals surface area contributed by atoms with Crippen LogP contribution in [-0.2, 0) is 11.2 Å². The number of nitrogens with one attached hydrogen (secondary N) is 1. The number of aromatic hydroxyl groups is 1. The molecular weight excluding hydrogens is 322 g/mol. The van der Waals surface area contributed by atoms with Gasteiger partial charge in [-0.1, -0.05) is 29.8 Å². The number of para-hydroxylation sites is 1. The average molecular weight is 334 g/mol. The van der Waals surface area contributed by atoms with Crippen molar-refractivity contribution >= 4 is 29.4 Å². The zero-order valence-corrected chi connectivity index (χ0v) is 12.5. The highest BCUT2D eigenvalue weighted by atomic mass is 35.5. The van der Waals surface area contributed by atoms with Crippen LogP contribution in [0.4, 0.5) is 5.69 Å². The number of hydrogen-bond donors (Lipinski definition) is 2. The van der Waals surface area contributed by atoms with Gasteiger partial charge in [0.25, 0.3) is 5.69 Å². The van der Waals surface area contributed by atoms with Crippen LogP contribution < -0.4 is 5.43 Å². The molecule has 8 heteroatoms. The number of hydrogen-bond acceptors (Lipinski definition) is 5. The van der Waals surface area contributed by atoms with Crippen LogP contribution in [0.5, 0.6) is 5.75 Å². The summed E-state index contributed by atoms with van der Waals surface area (Å²) in [4.78, 5) is 22.1. The van der Waals surface area contributed by atoms with Crippen LogP contribution in [0.25, 0.3) is 0 Å². The molecule has 0 saturated carbocycles. The van der Waals surface area contributed by atoms with Gasteiger partial charge in [-0.25, -0.2) is 5.43 Å². The fourth-order valence-electron chi connectivity index (χ4n) is 1.85. The predicted octanol–water partition coefficient (Wildman–Crippen LogP) is 2.65. The second-order valence-corrected chi connectivity index (χ2v) is 5.00. The maximum absolute atomic E-state index is 11.8. The molecule has 7 nitrogen and oxygen atoms in total. The molecule has 0 aliphatic heterocycles. The fraction of sp³-hybridized carbons (Fsp3) is 0.0667. The van der Waals surface area contributed by atoms with Gasteiger partial charge in [0.2, 0.25) is 5.91 Å². The number of nitrogens with zero attached hydrogens (tertiary/aromatic N) is 2. The van der Waals surface area contributed by atoms with Gasteiger partial charge in [-0.3, -0.25) is 14.9 Å². The molecule has 0 saturated heterocycles. The minimum absolute atomic E-state index is 0.0360. The zero-order valence-electron chi connectivity index (χ0n) is 11.8. The fourth-order valence-corrected chi connectivity index (χ4v) is 2.03. The first-order chi connectivity index (χ1) is 11.0. The van der Waals surface area contributed by atoms with Gasteiger partial charge in [-0.05, 0) is 18.2 Å². The van der Waals surface area contributed by atoms with Crippen molar-refractivity contribution in [1.82, 2.24) is 5.43 Å². The lowest BCUT2D eigenvalue weighted by Gasteiger charge is -2.02. The highest BCUT2D eigenvalue weighted by Crippen LogP contribution is 2.20. The Hall–Kier alpha value is -2.93. The molecule has 0 aliphatic rings. The predicted molar refractivity (Wildman–Crippen MR) is 85.7 cm³/mol. The molecule has 0 unspecified atom stereocenters. The molecule has 0 spiro atoms. The third-order valence-electron chi connectivity index (χ3n) is 2.92. The minimum atomic E-state index is -0.546. The van der Waals surface area contributed by atoms with Gasteiger partial charge in [-0.2, -0.15) is 5.10 Å². The standard InChI is InChI=1S/C15H12ClN3O4/c16-12-5-6-14(20)11(7-12)9-17-18-15(21)8-10-3-1-2-4-13(10)19(22)23/h1-7,9,20H,8H2,(H,18,21). The number of phenols is 1. The third kappa shape index (κ3) is 4.52. The monoisotopic (exact) mass is 333 g/mol. The number of hydrazone groups is 1. The summed E-state index contributed by atoms with van der Waals surface area (Å²) in [6, 6.07) is 10.4. The molecule has 1 amide bonds. The molecule has 0 radical (unpaired) electrons. The summed E-state index contributed by atoms with van der Waals surface area (Å²) in [5.41, 5.74) is 2.74. The summed E-state index contributed by atoms with van der Waals surface area (Å²) >= 11 is 5.79. The molecule has 0 aromatic heterocycles. The van der Waals surface area contributed by atoms with Crippen LogP contribution in [0, 0.1) is 10.1 Å². The number of halogens is 1. The Morgan fingerprint density at radius 2 is 2.09 bits per heavy atom. The number of rotatable bonds is 5. The topological polar surface area (TPSA) is 105 Å². The summed E-state index contributed by atoms with van der Waals surface area (Å²) in [5, 5.41) is 24.6. The Balaban J connectivity index is 2.02. The quantitative estimate of drug-likeness (QED) is 0.498. The summed E-state index contributed by atoms with van der Waals surface area (Å²) in [6.45, 7) is 0. The van der Waals surface area contributed by atoms with Gasteiger partial charge in [0.1, 0.15) is 5.75 Å². The van der Waals surface area contributed by atoms with Crippen LogP contribution in [0.1, 0.15) is 11.1 Å². The molecule has 2 aromatic carbocycles. The highest BCUT2D eigenvalue weighted by Gasteiger charge is 2.15. The van der Waals surface area contributed by atoms with Crippen LogP contribution in [0.15, 0.2) is 47.6 Å². The van der Waals surface area contributed by atoms with E-state index in [9.17, 15) is 20.0 Å². The normalized spacial score (nSPS) is 10.7. The van der Waals surface area contributed by atoms with E-state index in [4.69, 9.17) is 11.6 Å². The number of carbonyl (C=O) groups excluding carboxylic acids is 1. The van der Waals surface area contributed by atoms with Gasteiger partial charge < -0.3 is 5.11 Å². The largest absolute Gasteiger partial charge is 0.507 e. The summed E-state index contributed by atoms with van der Waals surface area (Å²) in [6.07, 6.45) is 1.05. The molecule has 0 fully saturated rings. The van der Waals surface area contributed by atoms with Crippen molar-refractivity contribution in [3.05, 3.63) is 68.7 Å². The third-order valence-corrected chi connectivity index (χ3v) is 3.16. The van der Waals surface area contributed by atoms with Gasteiger partial charge >= 0.3 is 0 Å². The van der Waals surface area contributed by atoms with Gasteiger partial charge in [0.15, 0.2) is 0 Å². The van der Waals surface area contributed by atoms with Crippen molar-refractivity contribution in [1.29, 1.82) is 0 Å². The van der Waals surface area contributed by atoms with E-state index in [2.05, 4.69) is 10.5 Å². The van der Waals surface area contributed by atoms with Gasteiger partial charge in [0.05, 0.1) is 17.6 Å². The van der Waals surface area contributed by atoms with Crippen molar-refractivity contribution in [3.8, 4) is 5.75 Å². The van der Waals surface area contributed by atoms with Crippen molar-refractivity contribution in [3.63, 3.8) is 0 Å². The number of nitro benzene ring substituents is 1. The van der Waals surface area contributed by atoms with E-state index in [0.29, 0.717) is 10.6 Å². The highest BCUT2D eigenvalue weighted by molar-refractivity contribution is 6.30. The maximum atomic E-state index is 11.8. The molecule has 2 N–H and O–H groups in total. The summed E-state index contributed by atoms with van der Waals surface area (Å²) in [5.74, 6) is -0.553. The minimum Gasteiger partial charge on any atom is -0.507 e. The van der Waals surface area contributed by atoms with E-state index in [1.807, 2.05) is 0 Å². The van der Waals surface area contributed by atoms with E-state index in [0.717, 1.165) is 0 Å². The van der Waals surface area contributed by atoms with E-state index in [-0.39, 0.29) is 23.4 Å². The second kappa shape index (κ2) is 7.37. The lowest BCUT2D eigenvalue weighted by molar-refractivity contribution is -0.385. The SMILES string of the molecule is O=C(Cc1ccccc1[N+](=O)[O-])NN=Cc1cc(Cl)ccc1O. The van der Waals surface area contributed by atoms with Gasteiger partial charge in [-0.15, -0.1) is 0 Å². The summed E-state index contributed by atoms with van der Waals surface area (Å²) in [7, 11) is 0. The van der Waals surface area contributed by atoms with E-state index in [1.54, 1.807) is 6.07 Å². The maximum Gasteiger partial charge on any atom is 0.273 e. The van der Waals surface area contributed by atoms with Crippen LogP contribution in [0.2, 0.25) is 5.02 Å². The van der Waals surface area contributed by atoms with Crippen molar-refractivity contribution < 1.29 is 14.8 Å². The molecule has 0 atom stereocenters. The smallest absolute Gasteiger partial charge is 0.273 e. The molecule has 0 bridgehead atoms. The Bertz CT molecular complexity index is 777. The van der Waals surface area contributed by atoms with Crippen LogP contribution in [0.3, 0.4) is 0 Å². The number of carbonyl (C=O) groups is 1. The van der Waals surface area contributed by atoms with Crippen LogP contribution >= 0.6 is 11.6 Å². The molecule has 0 aliphatic carbocycles. The van der Waals surface area contributed by atoms with Crippen LogP contribution in [-0.4, -0.2) is 22.2 Å². The number of nitro groups is 1. The second-order valence-electron chi connectivity index (χ2n) is 4.56. The zero-order chi connectivity index (χ0) is 16.8. The van der Waals surface area contributed by atoms with E-state index >= 15 is 0 Å². The summed E-state index contributed by atoms with van der Waals surface area (Å²) < 4.78 is 0. The van der Waals surface area contributed by atoms with Gasteiger partial charge in [0, 0.05) is 22.2 Å². The first-order valence-electron chi connectivity index (χ1n) is 6.50.